The van der Waals surface area contributed by atoms with Gasteiger partial charge in [0.15, 0.2) is 0 Å². The van der Waals surface area contributed by atoms with Crippen molar-refractivity contribution >= 4 is 11.3 Å². The first-order valence-electron chi connectivity index (χ1n) is 6.51. The Morgan fingerprint density at radius 3 is 2.94 bits per heavy atom. The first-order valence-corrected chi connectivity index (χ1v) is 7.39. The summed E-state index contributed by atoms with van der Waals surface area (Å²) in [6, 6.07) is 0.444. The van der Waals surface area contributed by atoms with Crippen LogP contribution in [0.3, 0.4) is 0 Å². The van der Waals surface area contributed by atoms with Crippen molar-refractivity contribution in [3.8, 4) is 0 Å². The molecule has 0 aliphatic rings. The Morgan fingerprint density at radius 1 is 1.56 bits per heavy atom. The molecule has 4 nitrogen and oxygen atoms in total. The largest absolute Gasteiger partial charge is 0.389 e. The van der Waals surface area contributed by atoms with Gasteiger partial charge in [0, 0.05) is 23.9 Å². The number of thiazole rings is 1. The Bertz CT molecular complexity index is 331. The number of aliphatic hydroxyl groups excluding tert-OH is 1. The molecule has 1 rings (SSSR count). The summed E-state index contributed by atoms with van der Waals surface area (Å²) in [6.45, 7) is 7.87. The average molecular weight is 272 g/mol. The topological polar surface area (TPSA) is 54.4 Å². The molecule has 1 aromatic rings. The zero-order valence-electron chi connectivity index (χ0n) is 11.5. The fourth-order valence-electron chi connectivity index (χ4n) is 1.49. The maximum absolute atomic E-state index is 9.71. The van der Waals surface area contributed by atoms with Gasteiger partial charge < -0.3 is 15.2 Å². The van der Waals surface area contributed by atoms with Crippen LogP contribution in [0.4, 0.5) is 0 Å². The van der Waals surface area contributed by atoms with Crippen LogP contribution in [-0.2, 0) is 11.2 Å². The van der Waals surface area contributed by atoms with Crippen molar-refractivity contribution in [2.75, 3.05) is 19.8 Å². The Labute approximate surface area is 113 Å². The minimum absolute atomic E-state index is 0.390. The highest BCUT2D eigenvalue weighted by atomic mass is 32.1. The van der Waals surface area contributed by atoms with Gasteiger partial charge in [0.25, 0.3) is 0 Å². The third kappa shape index (κ3) is 5.91. The number of aliphatic hydroxyl groups is 1. The third-order valence-electron chi connectivity index (χ3n) is 2.94. The molecule has 0 radical (unpaired) electrons. The van der Waals surface area contributed by atoms with Crippen LogP contribution in [0, 0.1) is 6.92 Å². The number of nitrogens with one attached hydrogen (secondary N) is 1. The van der Waals surface area contributed by atoms with Crippen molar-refractivity contribution in [1.82, 2.24) is 10.3 Å². The number of aromatic nitrogens is 1. The van der Waals surface area contributed by atoms with E-state index in [9.17, 15) is 5.11 Å². The predicted octanol–water partition coefficient (Wildman–Crippen LogP) is 1.76. The lowest BCUT2D eigenvalue weighted by Crippen LogP contribution is -2.35. The fraction of sp³-hybridized carbons (Fsp3) is 0.769. The van der Waals surface area contributed by atoms with E-state index in [1.807, 2.05) is 12.4 Å². The molecule has 0 saturated carbocycles. The maximum atomic E-state index is 9.71. The van der Waals surface area contributed by atoms with E-state index < -0.39 is 6.10 Å². The van der Waals surface area contributed by atoms with E-state index >= 15 is 0 Å². The number of aryl methyl sites for hydroxylation is 1. The second kappa shape index (κ2) is 8.58. The second-order valence-corrected chi connectivity index (χ2v) is 5.50. The number of rotatable bonds is 9. The lowest BCUT2D eigenvalue weighted by atomic mass is 10.2. The van der Waals surface area contributed by atoms with Crippen LogP contribution in [0.1, 0.15) is 30.8 Å². The van der Waals surface area contributed by atoms with Crippen LogP contribution in [0.25, 0.3) is 0 Å². The van der Waals surface area contributed by atoms with E-state index in [0.29, 0.717) is 25.8 Å². The van der Waals surface area contributed by atoms with Crippen molar-refractivity contribution in [1.29, 1.82) is 0 Å². The summed E-state index contributed by atoms with van der Waals surface area (Å²) in [5, 5.41) is 13.0. The molecule has 104 valence electrons. The highest BCUT2D eigenvalue weighted by molar-refractivity contribution is 7.09. The standard InChI is InChI=1S/C13H24N2O2S/c1-4-10(2)14-7-12(16)8-17-6-5-13-11(3)15-9-18-13/h9-10,12,14,16H,4-8H2,1-3H3. The molecule has 0 aliphatic carbocycles. The second-order valence-electron chi connectivity index (χ2n) is 4.56. The van der Waals surface area contributed by atoms with Gasteiger partial charge in [0.1, 0.15) is 0 Å². The SMILES string of the molecule is CCC(C)NCC(O)COCCc1scnc1C. The molecule has 0 saturated heterocycles. The molecule has 18 heavy (non-hydrogen) atoms. The van der Waals surface area contributed by atoms with Crippen molar-refractivity contribution in [2.24, 2.45) is 0 Å². The average Bonchev–Trinajstić information content (AvgIpc) is 2.77. The third-order valence-corrected chi connectivity index (χ3v) is 3.94. The first kappa shape index (κ1) is 15.6. The summed E-state index contributed by atoms with van der Waals surface area (Å²) in [7, 11) is 0. The van der Waals surface area contributed by atoms with Crippen LogP contribution in [0.5, 0.6) is 0 Å². The van der Waals surface area contributed by atoms with Gasteiger partial charge in [-0.1, -0.05) is 6.92 Å². The zero-order valence-corrected chi connectivity index (χ0v) is 12.3. The smallest absolute Gasteiger partial charge is 0.0897 e. The molecule has 0 bridgehead atoms. The molecule has 0 aromatic carbocycles. The molecular formula is C13H24N2O2S. The van der Waals surface area contributed by atoms with Crippen molar-refractivity contribution < 1.29 is 9.84 Å². The molecule has 1 aromatic heterocycles. The highest BCUT2D eigenvalue weighted by Gasteiger charge is 2.07. The predicted molar refractivity (Wildman–Crippen MR) is 75.1 cm³/mol. The number of nitrogens with zero attached hydrogens (tertiary/aromatic N) is 1. The normalized spacial score (nSPS) is 14.7. The van der Waals surface area contributed by atoms with Crippen LogP contribution in [0.15, 0.2) is 5.51 Å². The minimum Gasteiger partial charge on any atom is -0.389 e. The summed E-state index contributed by atoms with van der Waals surface area (Å²) < 4.78 is 5.48. The summed E-state index contributed by atoms with van der Waals surface area (Å²) >= 11 is 1.66. The van der Waals surface area contributed by atoms with Gasteiger partial charge in [0.2, 0.25) is 0 Å². The van der Waals surface area contributed by atoms with Crippen LogP contribution >= 0.6 is 11.3 Å². The van der Waals surface area contributed by atoms with Gasteiger partial charge in [-0.25, -0.2) is 4.98 Å². The van der Waals surface area contributed by atoms with Gasteiger partial charge in [-0.15, -0.1) is 11.3 Å². The Balaban J connectivity index is 2.05. The van der Waals surface area contributed by atoms with Gasteiger partial charge >= 0.3 is 0 Å². The van der Waals surface area contributed by atoms with E-state index in [2.05, 4.69) is 24.1 Å². The summed E-state index contributed by atoms with van der Waals surface area (Å²) in [5.41, 5.74) is 2.94. The molecule has 1 heterocycles. The van der Waals surface area contributed by atoms with E-state index in [1.54, 1.807) is 11.3 Å². The molecule has 0 amide bonds. The summed E-state index contributed by atoms with van der Waals surface area (Å²) in [5.74, 6) is 0. The van der Waals surface area contributed by atoms with Gasteiger partial charge in [0.05, 0.1) is 30.5 Å². The molecule has 2 unspecified atom stereocenters. The van der Waals surface area contributed by atoms with E-state index in [1.165, 1.54) is 4.88 Å². The lowest BCUT2D eigenvalue weighted by Gasteiger charge is -2.15. The van der Waals surface area contributed by atoms with E-state index in [4.69, 9.17) is 4.74 Å². The Morgan fingerprint density at radius 2 is 2.33 bits per heavy atom. The first-order chi connectivity index (χ1) is 8.63. The van der Waals surface area contributed by atoms with Crippen molar-refractivity contribution in [3.05, 3.63) is 16.1 Å². The Hall–Kier alpha value is -0.490. The van der Waals surface area contributed by atoms with Gasteiger partial charge in [-0.05, 0) is 20.3 Å². The molecule has 2 atom stereocenters. The number of hydrogen-bond donors (Lipinski definition) is 2. The fourth-order valence-corrected chi connectivity index (χ4v) is 2.25. The molecule has 5 heteroatoms. The lowest BCUT2D eigenvalue weighted by molar-refractivity contribution is 0.0373. The van der Waals surface area contributed by atoms with Crippen LogP contribution in [-0.4, -0.2) is 42.0 Å². The highest BCUT2D eigenvalue weighted by Crippen LogP contribution is 2.12. The Kier molecular flexibility index (Phi) is 7.42. The number of hydrogen-bond acceptors (Lipinski definition) is 5. The van der Waals surface area contributed by atoms with E-state index in [0.717, 1.165) is 18.5 Å². The molecule has 0 fully saturated rings. The van der Waals surface area contributed by atoms with Crippen molar-refractivity contribution in [2.45, 2.75) is 45.8 Å². The number of ether oxygens (including phenoxy) is 1. The monoisotopic (exact) mass is 272 g/mol. The van der Waals surface area contributed by atoms with E-state index in [-0.39, 0.29) is 0 Å². The molecule has 2 N–H and O–H groups in total. The zero-order chi connectivity index (χ0) is 13.4. The molecule has 0 spiro atoms. The summed E-state index contributed by atoms with van der Waals surface area (Å²) in [4.78, 5) is 5.46. The summed E-state index contributed by atoms with van der Waals surface area (Å²) in [6.07, 6.45) is 1.52. The maximum Gasteiger partial charge on any atom is 0.0897 e. The molecule has 0 aliphatic heterocycles. The van der Waals surface area contributed by atoms with Crippen LogP contribution < -0.4 is 5.32 Å². The minimum atomic E-state index is -0.429. The van der Waals surface area contributed by atoms with Gasteiger partial charge in [-0.2, -0.15) is 0 Å². The van der Waals surface area contributed by atoms with Crippen LogP contribution in [0.2, 0.25) is 0 Å². The molecular weight excluding hydrogens is 248 g/mol. The van der Waals surface area contributed by atoms with Gasteiger partial charge in [-0.3, -0.25) is 0 Å². The van der Waals surface area contributed by atoms with Crippen molar-refractivity contribution in [3.63, 3.8) is 0 Å². The quantitative estimate of drug-likeness (QED) is 0.673.